The summed E-state index contributed by atoms with van der Waals surface area (Å²) >= 11 is 3.49. The smallest absolute Gasteiger partial charge is 0.245 e. The Morgan fingerprint density at radius 2 is 2.25 bits per heavy atom. The summed E-state index contributed by atoms with van der Waals surface area (Å²) in [5, 5.41) is 7.71. The molecule has 0 spiro atoms. The molecule has 1 unspecified atom stereocenters. The molecule has 0 aliphatic carbocycles. The van der Waals surface area contributed by atoms with Gasteiger partial charge in [0.05, 0.1) is 17.6 Å². The third-order valence-electron chi connectivity index (χ3n) is 4.21. The van der Waals surface area contributed by atoms with Gasteiger partial charge in [0.2, 0.25) is 5.91 Å². The molecule has 0 radical (unpaired) electrons. The lowest BCUT2D eigenvalue weighted by molar-refractivity contribution is -0.121. The fourth-order valence-electron chi connectivity index (χ4n) is 2.99. The minimum atomic E-state index is -0.204. The molecule has 1 fully saturated rings. The fraction of sp³-hybridized carbons (Fsp3) is 0.412. The first kappa shape index (κ1) is 17.0. The van der Waals surface area contributed by atoms with Gasteiger partial charge in [0.1, 0.15) is 5.75 Å². The molecule has 1 aromatic heterocycles. The van der Waals surface area contributed by atoms with Crippen LogP contribution in [0.5, 0.6) is 5.75 Å². The number of carbonyl (C=O) groups is 1. The third kappa shape index (κ3) is 3.47. The van der Waals surface area contributed by atoms with E-state index in [2.05, 4.69) is 26.3 Å². The predicted octanol–water partition coefficient (Wildman–Crippen LogP) is 2.48. The van der Waals surface area contributed by atoms with Gasteiger partial charge in [-0.1, -0.05) is 12.1 Å². The highest BCUT2D eigenvalue weighted by atomic mass is 79.9. The number of anilines is 1. The van der Waals surface area contributed by atoms with E-state index >= 15 is 0 Å². The number of hydrogen-bond donors (Lipinski definition) is 1. The average Bonchev–Trinajstić information content (AvgIpc) is 3.00. The predicted molar refractivity (Wildman–Crippen MR) is 96.1 cm³/mol. The number of nitrogens with zero attached hydrogens (tertiary/aromatic N) is 3. The summed E-state index contributed by atoms with van der Waals surface area (Å²) in [4.78, 5) is 14.5. The molecular formula is C17H21BrN4O2. The Hall–Kier alpha value is -1.86. The number of halogens is 1. The molecule has 7 heteroatoms. The number of rotatable bonds is 5. The highest BCUT2D eigenvalue weighted by molar-refractivity contribution is 9.10. The second kappa shape index (κ2) is 7.36. The van der Waals surface area contributed by atoms with Crippen molar-refractivity contribution in [2.75, 3.05) is 18.6 Å². The third-order valence-corrected chi connectivity index (χ3v) is 4.83. The molecule has 3 rings (SSSR count). The highest BCUT2D eigenvalue weighted by Crippen LogP contribution is 2.29. The molecule has 1 aliphatic rings. The number of hydrogen-bond acceptors (Lipinski definition) is 4. The molecule has 0 bridgehead atoms. The van der Waals surface area contributed by atoms with Crippen molar-refractivity contribution < 1.29 is 9.53 Å². The summed E-state index contributed by atoms with van der Waals surface area (Å²) in [5.41, 5.74) is 1.02. The first-order chi connectivity index (χ1) is 11.6. The van der Waals surface area contributed by atoms with Crippen molar-refractivity contribution in [2.24, 2.45) is 7.05 Å². The van der Waals surface area contributed by atoms with E-state index in [0.29, 0.717) is 18.9 Å². The van der Waals surface area contributed by atoms with E-state index in [1.165, 1.54) is 0 Å². The largest absolute Gasteiger partial charge is 0.495 e. The maximum atomic E-state index is 12.8. The number of nitrogens with one attached hydrogen (secondary N) is 1. The Labute approximate surface area is 149 Å². The van der Waals surface area contributed by atoms with Crippen molar-refractivity contribution in [3.8, 4) is 5.75 Å². The molecule has 24 heavy (non-hydrogen) atoms. The van der Waals surface area contributed by atoms with E-state index in [1.54, 1.807) is 16.7 Å². The molecule has 2 aromatic rings. The normalized spacial score (nSPS) is 18.0. The first-order valence-electron chi connectivity index (χ1n) is 7.96. The van der Waals surface area contributed by atoms with Gasteiger partial charge in [-0.2, -0.15) is 5.10 Å². The number of carbonyl (C=O) groups excluding carboxylic acids is 1. The van der Waals surface area contributed by atoms with Crippen LogP contribution in [0.1, 0.15) is 18.4 Å². The zero-order chi connectivity index (χ0) is 17.1. The fourth-order valence-corrected chi connectivity index (χ4v) is 3.56. The van der Waals surface area contributed by atoms with Crippen LogP contribution in [-0.4, -0.2) is 35.4 Å². The summed E-state index contributed by atoms with van der Waals surface area (Å²) in [6, 6.07) is 7.57. The topological polar surface area (TPSA) is 59.4 Å². The second-order valence-electron chi connectivity index (χ2n) is 5.85. The SMILES string of the molecule is COc1c(Br)cccc1CNC1CCCN(c2ccn(C)n2)C1=O. The van der Waals surface area contributed by atoms with E-state index < -0.39 is 0 Å². The van der Waals surface area contributed by atoms with Crippen molar-refractivity contribution in [3.63, 3.8) is 0 Å². The highest BCUT2D eigenvalue weighted by Gasteiger charge is 2.30. The van der Waals surface area contributed by atoms with E-state index in [0.717, 1.165) is 28.6 Å². The number of piperidine rings is 1. The van der Waals surface area contributed by atoms with Crippen LogP contribution in [0.15, 0.2) is 34.9 Å². The number of methoxy groups -OCH3 is 1. The zero-order valence-corrected chi connectivity index (χ0v) is 15.4. The lowest BCUT2D eigenvalue weighted by Crippen LogP contribution is -2.50. The summed E-state index contributed by atoms with van der Waals surface area (Å²) in [6.45, 7) is 1.29. The summed E-state index contributed by atoms with van der Waals surface area (Å²) in [6.07, 6.45) is 3.64. The molecule has 1 saturated heterocycles. The molecule has 128 valence electrons. The monoisotopic (exact) mass is 392 g/mol. The van der Waals surface area contributed by atoms with Gasteiger partial charge in [0.25, 0.3) is 0 Å². The van der Waals surface area contributed by atoms with Crippen molar-refractivity contribution in [1.29, 1.82) is 0 Å². The van der Waals surface area contributed by atoms with Crippen molar-refractivity contribution >= 4 is 27.7 Å². The van der Waals surface area contributed by atoms with Gasteiger partial charge in [-0.3, -0.25) is 14.4 Å². The standard InChI is InChI=1S/C17H21BrN4O2/c1-21-10-8-15(20-21)22-9-4-7-14(17(22)23)19-11-12-5-3-6-13(18)16(12)24-2/h3,5-6,8,10,14,19H,4,7,9,11H2,1-2H3. The lowest BCUT2D eigenvalue weighted by atomic mass is 10.0. The van der Waals surface area contributed by atoms with Crippen molar-refractivity contribution in [3.05, 3.63) is 40.5 Å². The van der Waals surface area contributed by atoms with E-state index in [-0.39, 0.29) is 11.9 Å². The van der Waals surface area contributed by atoms with Crippen LogP contribution in [0, 0.1) is 0 Å². The van der Waals surface area contributed by atoms with Crippen LogP contribution in [0.2, 0.25) is 0 Å². The Balaban J connectivity index is 1.69. The van der Waals surface area contributed by atoms with Crippen LogP contribution in [-0.2, 0) is 18.4 Å². The minimum absolute atomic E-state index is 0.0777. The molecule has 1 aliphatic heterocycles. The number of benzene rings is 1. The van der Waals surface area contributed by atoms with E-state index in [1.807, 2.05) is 37.5 Å². The van der Waals surface area contributed by atoms with Gasteiger partial charge in [0.15, 0.2) is 5.82 Å². The number of aryl methyl sites for hydroxylation is 1. The van der Waals surface area contributed by atoms with Crippen LogP contribution >= 0.6 is 15.9 Å². The Kier molecular flexibility index (Phi) is 5.20. The van der Waals surface area contributed by atoms with E-state index in [9.17, 15) is 4.79 Å². The molecule has 2 heterocycles. The molecule has 6 nitrogen and oxygen atoms in total. The maximum Gasteiger partial charge on any atom is 0.245 e. The van der Waals surface area contributed by atoms with Crippen LogP contribution in [0.3, 0.4) is 0 Å². The van der Waals surface area contributed by atoms with Gasteiger partial charge < -0.3 is 10.1 Å². The minimum Gasteiger partial charge on any atom is -0.495 e. The van der Waals surface area contributed by atoms with Crippen LogP contribution < -0.4 is 15.0 Å². The van der Waals surface area contributed by atoms with Gasteiger partial charge in [-0.15, -0.1) is 0 Å². The quantitative estimate of drug-likeness (QED) is 0.848. The van der Waals surface area contributed by atoms with E-state index in [4.69, 9.17) is 4.74 Å². The molecule has 1 amide bonds. The molecule has 1 aromatic carbocycles. The van der Waals surface area contributed by atoms with Gasteiger partial charge >= 0.3 is 0 Å². The summed E-state index contributed by atoms with van der Waals surface area (Å²) in [7, 11) is 3.51. The number of para-hydroxylation sites is 1. The average molecular weight is 393 g/mol. The van der Waals surface area contributed by atoms with Gasteiger partial charge in [-0.05, 0) is 34.8 Å². The molecular weight excluding hydrogens is 372 g/mol. The Morgan fingerprint density at radius 1 is 1.42 bits per heavy atom. The molecule has 1 N–H and O–H groups in total. The summed E-state index contributed by atoms with van der Waals surface area (Å²) in [5.74, 6) is 1.60. The number of aromatic nitrogens is 2. The van der Waals surface area contributed by atoms with Crippen LogP contribution in [0.4, 0.5) is 5.82 Å². The Morgan fingerprint density at radius 3 is 2.96 bits per heavy atom. The maximum absolute atomic E-state index is 12.8. The summed E-state index contributed by atoms with van der Waals surface area (Å²) < 4.78 is 8.07. The number of ether oxygens (including phenoxy) is 1. The van der Waals surface area contributed by atoms with Crippen molar-refractivity contribution in [2.45, 2.75) is 25.4 Å². The molecule has 1 atom stereocenters. The zero-order valence-electron chi connectivity index (χ0n) is 13.8. The molecule has 0 saturated carbocycles. The lowest BCUT2D eigenvalue weighted by Gasteiger charge is -2.31. The van der Waals surface area contributed by atoms with Crippen LogP contribution in [0.25, 0.3) is 0 Å². The number of amides is 1. The second-order valence-corrected chi connectivity index (χ2v) is 6.70. The van der Waals surface area contributed by atoms with Gasteiger partial charge in [-0.25, -0.2) is 0 Å². The van der Waals surface area contributed by atoms with Gasteiger partial charge in [0, 0.05) is 38.0 Å². The van der Waals surface area contributed by atoms with Crippen molar-refractivity contribution in [1.82, 2.24) is 15.1 Å². The first-order valence-corrected chi connectivity index (χ1v) is 8.75. The Bertz CT molecular complexity index is 731.